The van der Waals surface area contributed by atoms with Crippen LogP contribution in [0.15, 0.2) is 5.51 Å². The van der Waals surface area contributed by atoms with Gasteiger partial charge in [-0.15, -0.1) is 10.2 Å². The van der Waals surface area contributed by atoms with Crippen LogP contribution in [0.4, 0.5) is 5.13 Å². The average molecular weight is 312 g/mol. The topological polar surface area (TPSA) is 86.6 Å². The van der Waals surface area contributed by atoms with E-state index in [0.717, 1.165) is 25.9 Å². The van der Waals surface area contributed by atoms with Gasteiger partial charge in [0.2, 0.25) is 11.0 Å². The molecule has 1 amide bonds. The first-order valence-electron chi connectivity index (χ1n) is 7.07. The summed E-state index contributed by atoms with van der Waals surface area (Å²) in [5.41, 5.74) is 1.58. The quantitative estimate of drug-likeness (QED) is 0.846. The van der Waals surface area contributed by atoms with E-state index in [1.165, 1.54) is 11.3 Å². The highest BCUT2D eigenvalue weighted by Gasteiger charge is 2.23. The molecule has 0 radical (unpaired) electrons. The fourth-order valence-corrected chi connectivity index (χ4v) is 2.89. The van der Waals surface area contributed by atoms with E-state index in [1.807, 2.05) is 4.90 Å². The third-order valence-electron chi connectivity index (χ3n) is 3.68. The summed E-state index contributed by atoms with van der Waals surface area (Å²) in [6.45, 7) is 4.19. The SMILES string of the molecule is CC1CCN(C(=O)CN(CCC(=O)O)c2nncs2)CC1. The fraction of sp³-hybridized carbons (Fsp3) is 0.692. The number of carbonyl (C=O) groups is 2. The molecule has 2 rings (SSSR count). The lowest BCUT2D eigenvalue weighted by Crippen LogP contribution is -2.44. The number of carbonyl (C=O) groups excluding carboxylic acids is 1. The van der Waals surface area contributed by atoms with Crippen LogP contribution < -0.4 is 4.90 Å². The predicted octanol–water partition coefficient (Wildman–Crippen LogP) is 1.08. The number of carboxylic acids is 1. The van der Waals surface area contributed by atoms with Crippen molar-refractivity contribution in [3.05, 3.63) is 5.51 Å². The van der Waals surface area contributed by atoms with E-state index in [2.05, 4.69) is 17.1 Å². The summed E-state index contributed by atoms with van der Waals surface area (Å²) < 4.78 is 0. The summed E-state index contributed by atoms with van der Waals surface area (Å²) in [4.78, 5) is 26.6. The van der Waals surface area contributed by atoms with Crippen LogP contribution in [0.3, 0.4) is 0 Å². The van der Waals surface area contributed by atoms with Gasteiger partial charge in [-0.3, -0.25) is 9.59 Å². The fourth-order valence-electron chi connectivity index (χ4n) is 2.30. The Morgan fingerprint density at radius 3 is 2.76 bits per heavy atom. The van der Waals surface area contributed by atoms with E-state index in [9.17, 15) is 9.59 Å². The van der Waals surface area contributed by atoms with Gasteiger partial charge in [-0.2, -0.15) is 0 Å². The maximum absolute atomic E-state index is 12.3. The Morgan fingerprint density at radius 1 is 1.48 bits per heavy atom. The Morgan fingerprint density at radius 2 is 2.19 bits per heavy atom. The number of likely N-dealkylation sites (tertiary alicyclic amines) is 1. The molecule has 0 bridgehead atoms. The van der Waals surface area contributed by atoms with Crippen molar-refractivity contribution in [1.82, 2.24) is 15.1 Å². The summed E-state index contributed by atoms with van der Waals surface area (Å²) in [5, 5.41) is 17.1. The number of anilines is 1. The van der Waals surface area contributed by atoms with Crippen LogP contribution in [-0.4, -0.2) is 58.3 Å². The summed E-state index contributed by atoms with van der Waals surface area (Å²) in [7, 11) is 0. The van der Waals surface area contributed by atoms with Gasteiger partial charge >= 0.3 is 5.97 Å². The molecule has 1 saturated heterocycles. The van der Waals surface area contributed by atoms with Gasteiger partial charge in [0.15, 0.2) is 0 Å². The van der Waals surface area contributed by atoms with Gasteiger partial charge in [0.25, 0.3) is 0 Å². The Balaban J connectivity index is 1.94. The van der Waals surface area contributed by atoms with Gasteiger partial charge in [0, 0.05) is 19.6 Å². The first-order valence-corrected chi connectivity index (χ1v) is 7.95. The molecule has 21 heavy (non-hydrogen) atoms. The molecule has 1 fully saturated rings. The zero-order chi connectivity index (χ0) is 15.2. The highest BCUT2D eigenvalue weighted by molar-refractivity contribution is 7.13. The summed E-state index contributed by atoms with van der Waals surface area (Å²) in [6.07, 6.45) is 2.03. The highest BCUT2D eigenvalue weighted by atomic mass is 32.1. The van der Waals surface area contributed by atoms with Crippen molar-refractivity contribution in [2.45, 2.75) is 26.2 Å². The van der Waals surface area contributed by atoms with Gasteiger partial charge in [-0.25, -0.2) is 0 Å². The lowest BCUT2D eigenvalue weighted by molar-refractivity contribution is -0.137. The summed E-state index contributed by atoms with van der Waals surface area (Å²) in [5.74, 6) is -0.188. The maximum atomic E-state index is 12.3. The number of nitrogens with zero attached hydrogens (tertiary/aromatic N) is 4. The van der Waals surface area contributed by atoms with Crippen LogP contribution >= 0.6 is 11.3 Å². The molecule has 0 atom stereocenters. The first kappa shape index (κ1) is 15.7. The molecule has 1 aliphatic heterocycles. The molecular formula is C13H20N4O3S. The van der Waals surface area contributed by atoms with Crippen LogP contribution in [0, 0.1) is 5.92 Å². The molecule has 1 N–H and O–H groups in total. The maximum Gasteiger partial charge on any atom is 0.305 e. The zero-order valence-corrected chi connectivity index (χ0v) is 12.9. The Hall–Kier alpha value is -1.70. The van der Waals surface area contributed by atoms with Crippen LogP contribution in [0.1, 0.15) is 26.2 Å². The van der Waals surface area contributed by atoms with E-state index in [4.69, 9.17) is 5.11 Å². The van der Waals surface area contributed by atoms with Crippen LogP contribution in [0.2, 0.25) is 0 Å². The van der Waals surface area contributed by atoms with Crippen molar-refractivity contribution in [1.29, 1.82) is 0 Å². The lowest BCUT2D eigenvalue weighted by atomic mass is 9.99. The molecule has 8 heteroatoms. The summed E-state index contributed by atoms with van der Waals surface area (Å²) >= 11 is 1.31. The Kier molecular flexibility index (Phi) is 5.49. The molecule has 0 aromatic carbocycles. The van der Waals surface area contributed by atoms with Crippen LogP contribution in [0.25, 0.3) is 0 Å². The third-order valence-corrected chi connectivity index (χ3v) is 4.43. The second-order valence-corrected chi connectivity index (χ2v) is 6.16. The minimum absolute atomic E-state index is 0.0239. The molecule has 1 aromatic heterocycles. The molecule has 0 aliphatic carbocycles. The van der Waals surface area contributed by atoms with Crippen molar-refractivity contribution in [3.8, 4) is 0 Å². The second kappa shape index (κ2) is 7.35. The van der Waals surface area contributed by atoms with Gasteiger partial charge in [0.1, 0.15) is 5.51 Å². The molecule has 1 aromatic rings. The van der Waals surface area contributed by atoms with Gasteiger partial charge in [0.05, 0.1) is 13.0 Å². The van der Waals surface area contributed by atoms with Crippen molar-refractivity contribution >= 4 is 28.3 Å². The number of hydrogen-bond donors (Lipinski definition) is 1. The predicted molar refractivity (Wildman–Crippen MR) is 79.4 cm³/mol. The summed E-state index contributed by atoms with van der Waals surface area (Å²) in [6, 6.07) is 0. The molecule has 0 unspecified atom stereocenters. The normalized spacial score (nSPS) is 16.0. The van der Waals surface area contributed by atoms with Crippen molar-refractivity contribution in [2.24, 2.45) is 5.92 Å². The Bertz CT molecular complexity index is 472. The number of aliphatic carboxylic acids is 1. The van der Waals surface area contributed by atoms with Crippen LogP contribution in [-0.2, 0) is 9.59 Å². The Labute approximate surface area is 127 Å². The van der Waals surface area contributed by atoms with Crippen LogP contribution in [0.5, 0.6) is 0 Å². The van der Waals surface area contributed by atoms with Gasteiger partial charge < -0.3 is 14.9 Å². The third kappa shape index (κ3) is 4.66. The average Bonchev–Trinajstić information content (AvgIpc) is 2.97. The molecule has 7 nitrogen and oxygen atoms in total. The molecular weight excluding hydrogens is 292 g/mol. The molecule has 2 heterocycles. The lowest BCUT2D eigenvalue weighted by Gasteiger charge is -2.32. The van der Waals surface area contributed by atoms with Gasteiger partial charge in [-0.05, 0) is 18.8 Å². The number of aromatic nitrogens is 2. The molecule has 1 aliphatic rings. The smallest absolute Gasteiger partial charge is 0.305 e. The standard InChI is InChI=1S/C13H20N4O3S/c1-10-2-5-16(6-3-10)11(18)8-17(7-4-12(19)20)13-15-14-9-21-13/h9-10H,2-8H2,1H3,(H,19,20). The van der Waals surface area contributed by atoms with E-state index in [1.54, 1.807) is 10.4 Å². The number of hydrogen-bond acceptors (Lipinski definition) is 6. The number of rotatable bonds is 6. The number of amides is 1. The van der Waals surface area contributed by atoms with E-state index in [-0.39, 0.29) is 25.4 Å². The zero-order valence-electron chi connectivity index (χ0n) is 12.1. The number of piperidine rings is 1. The van der Waals surface area contributed by atoms with E-state index < -0.39 is 5.97 Å². The van der Waals surface area contributed by atoms with Crippen molar-refractivity contribution in [2.75, 3.05) is 31.1 Å². The van der Waals surface area contributed by atoms with Crippen molar-refractivity contribution in [3.63, 3.8) is 0 Å². The number of carboxylic acid groups (broad SMARTS) is 1. The largest absolute Gasteiger partial charge is 0.481 e. The minimum atomic E-state index is -0.885. The highest BCUT2D eigenvalue weighted by Crippen LogP contribution is 2.19. The molecule has 116 valence electrons. The second-order valence-electron chi connectivity index (χ2n) is 5.35. The molecule has 0 saturated carbocycles. The van der Waals surface area contributed by atoms with E-state index >= 15 is 0 Å². The van der Waals surface area contributed by atoms with Crippen molar-refractivity contribution < 1.29 is 14.7 Å². The first-order chi connectivity index (χ1) is 10.1. The van der Waals surface area contributed by atoms with E-state index in [0.29, 0.717) is 11.0 Å². The molecule has 0 spiro atoms. The monoisotopic (exact) mass is 312 g/mol. The van der Waals surface area contributed by atoms with Gasteiger partial charge in [-0.1, -0.05) is 18.3 Å². The minimum Gasteiger partial charge on any atom is -0.481 e.